The third kappa shape index (κ3) is 1.73. The zero-order chi connectivity index (χ0) is 13.4. The van der Waals surface area contributed by atoms with Crippen molar-refractivity contribution in [3.63, 3.8) is 0 Å². The third-order valence-electron chi connectivity index (χ3n) is 2.98. The number of tetrazole rings is 1. The van der Waals surface area contributed by atoms with E-state index < -0.39 is 11.9 Å². The van der Waals surface area contributed by atoms with Gasteiger partial charge in [0.1, 0.15) is 6.04 Å². The van der Waals surface area contributed by atoms with Gasteiger partial charge < -0.3 is 11.1 Å². The van der Waals surface area contributed by atoms with E-state index in [2.05, 4.69) is 25.8 Å². The molecule has 19 heavy (non-hydrogen) atoms. The Kier molecular flexibility index (Phi) is 2.48. The Labute approximate surface area is 108 Å². The highest BCUT2D eigenvalue weighted by Crippen LogP contribution is 2.33. The predicted octanol–water partition coefficient (Wildman–Crippen LogP) is -0.158. The first-order chi connectivity index (χ1) is 9.18. The molecule has 0 saturated heterocycles. The monoisotopic (exact) mass is 257 g/mol. The second kappa shape index (κ2) is 4.16. The Morgan fingerprint density at radius 1 is 1.53 bits per heavy atom. The van der Waals surface area contributed by atoms with Crippen LogP contribution in [0.4, 0.5) is 5.95 Å². The van der Waals surface area contributed by atoms with Crippen molar-refractivity contribution in [2.24, 2.45) is 5.73 Å². The molecule has 0 aliphatic carbocycles. The predicted molar refractivity (Wildman–Crippen MR) is 65.7 cm³/mol. The molecule has 0 unspecified atom stereocenters. The molecule has 3 heterocycles. The largest absolute Gasteiger partial charge is 0.366 e. The number of allylic oxidation sites excluding steroid dienone is 1. The van der Waals surface area contributed by atoms with Crippen LogP contribution >= 0.6 is 0 Å². The molecule has 1 aliphatic heterocycles. The first kappa shape index (κ1) is 11.3. The highest BCUT2D eigenvalue weighted by Gasteiger charge is 2.32. The Morgan fingerprint density at radius 2 is 2.37 bits per heavy atom. The fourth-order valence-electron chi connectivity index (χ4n) is 2.18. The number of nitrogens with two attached hydrogens (primary N) is 1. The molecule has 0 saturated carbocycles. The smallest absolute Gasteiger partial charge is 0.248 e. The molecule has 8 heteroatoms. The molecule has 2 aromatic rings. The van der Waals surface area contributed by atoms with Crippen LogP contribution in [-0.4, -0.2) is 31.1 Å². The standard InChI is InChI=1S/C11H11N7O/c1-6-8(10(12)19)9(7-3-2-4-13-5-7)18-11(14-6)15-16-17-18/h2-5,9H,1H3,(H2,12,19)(H,14,15,17)/t9-/m0/s1. The van der Waals surface area contributed by atoms with E-state index >= 15 is 0 Å². The molecule has 8 nitrogen and oxygen atoms in total. The quantitative estimate of drug-likeness (QED) is 0.773. The van der Waals surface area contributed by atoms with Crippen LogP contribution in [0.15, 0.2) is 35.8 Å². The summed E-state index contributed by atoms with van der Waals surface area (Å²) in [5.41, 5.74) is 7.34. The van der Waals surface area contributed by atoms with Gasteiger partial charge in [0, 0.05) is 18.1 Å². The molecule has 0 fully saturated rings. The van der Waals surface area contributed by atoms with Gasteiger partial charge in [0.2, 0.25) is 11.9 Å². The van der Waals surface area contributed by atoms with Gasteiger partial charge in [-0.2, -0.15) is 4.68 Å². The number of primary amides is 1. The van der Waals surface area contributed by atoms with Gasteiger partial charge in [-0.1, -0.05) is 11.2 Å². The molecule has 1 aliphatic rings. The van der Waals surface area contributed by atoms with Crippen molar-refractivity contribution < 1.29 is 4.79 Å². The fourth-order valence-corrected chi connectivity index (χ4v) is 2.18. The number of nitrogens with one attached hydrogen (secondary N) is 1. The zero-order valence-corrected chi connectivity index (χ0v) is 10.1. The summed E-state index contributed by atoms with van der Waals surface area (Å²) in [6.45, 7) is 1.77. The molecule has 0 spiro atoms. The Morgan fingerprint density at radius 3 is 3.05 bits per heavy atom. The summed E-state index contributed by atoms with van der Waals surface area (Å²) in [5, 5.41) is 14.3. The van der Waals surface area contributed by atoms with Crippen LogP contribution in [-0.2, 0) is 4.79 Å². The summed E-state index contributed by atoms with van der Waals surface area (Å²) < 4.78 is 1.52. The van der Waals surface area contributed by atoms with E-state index in [1.165, 1.54) is 4.68 Å². The molecule has 3 N–H and O–H groups in total. The summed E-state index contributed by atoms with van der Waals surface area (Å²) in [5.74, 6) is -0.0450. The maximum Gasteiger partial charge on any atom is 0.248 e. The lowest BCUT2D eigenvalue weighted by atomic mass is 9.97. The average Bonchev–Trinajstić information content (AvgIpc) is 2.85. The van der Waals surface area contributed by atoms with Gasteiger partial charge in [0.05, 0.1) is 5.57 Å². The highest BCUT2D eigenvalue weighted by atomic mass is 16.1. The van der Waals surface area contributed by atoms with E-state index in [0.717, 1.165) is 5.56 Å². The molecule has 3 rings (SSSR count). The minimum atomic E-state index is -0.514. The SMILES string of the molecule is CC1=C(C(N)=O)[C@H](c2cccnc2)n2nnnc2N1. The molecule has 2 aromatic heterocycles. The number of nitrogens with zero attached hydrogens (tertiary/aromatic N) is 5. The fraction of sp³-hybridized carbons (Fsp3) is 0.182. The van der Waals surface area contributed by atoms with Crippen LogP contribution < -0.4 is 11.1 Å². The number of carbonyl (C=O) groups is 1. The molecule has 96 valence electrons. The minimum absolute atomic E-state index is 0.424. The van der Waals surface area contributed by atoms with Crippen LogP contribution in [0, 0.1) is 0 Å². The summed E-state index contributed by atoms with van der Waals surface area (Å²) in [7, 11) is 0. The van der Waals surface area contributed by atoms with Crippen LogP contribution in [0.2, 0.25) is 0 Å². The topological polar surface area (TPSA) is 112 Å². The van der Waals surface area contributed by atoms with E-state index in [1.54, 1.807) is 25.4 Å². The molecule has 0 aromatic carbocycles. The Bertz CT molecular complexity index is 661. The molecule has 0 bridgehead atoms. The van der Waals surface area contributed by atoms with Gasteiger partial charge in [-0.05, 0) is 29.0 Å². The molecule has 1 amide bonds. The lowest BCUT2D eigenvalue weighted by Gasteiger charge is -2.26. The maximum atomic E-state index is 11.7. The maximum absolute atomic E-state index is 11.7. The van der Waals surface area contributed by atoms with E-state index in [4.69, 9.17) is 5.73 Å². The minimum Gasteiger partial charge on any atom is -0.366 e. The van der Waals surface area contributed by atoms with Crippen molar-refractivity contribution >= 4 is 11.9 Å². The number of pyridine rings is 1. The second-order valence-electron chi connectivity index (χ2n) is 4.16. The van der Waals surface area contributed by atoms with Crippen molar-refractivity contribution in [3.05, 3.63) is 41.4 Å². The van der Waals surface area contributed by atoms with Crippen molar-refractivity contribution in [2.75, 3.05) is 5.32 Å². The molecule has 0 radical (unpaired) electrons. The van der Waals surface area contributed by atoms with Gasteiger partial charge in [0.15, 0.2) is 0 Å². The summed E-state index contributed by atoms with van der Waals surface area (Å²) in [4.78, 5) is 15.8. The van der Waals surface area contributed by atoms with E-state index in [1.807, 2.05) is 6.07 Å². The number of fused-ring (bicyclic) bond motifs is 1. The van der Waals surface area contributed by atoms with Gasteiger partial charge in [0.25, 0.3) is 0 Å². The van der Waals surface area contributed by atoms with Crippen molar-refractivity contribution in [3.8, 4) is 0 Å². The van der Waals surface area contributed by atoms with Gasteiger partial charge >= 0.3 is 0 Å². The van der Waals surface area contributed by atoms with Crippen molar-refractivity contribution in [1.29, 1.82) is 0 Å². The normalized spacial score (nSPS) is 17.8. The number of carbonyl (C=O) groups excluding carboxylic acids is 1. The number of hydrogen-bond donors (Lipinski definition) is 2. The number of rotatable bonds is 2. The molecular weight excluding hydrogens is 246 g/mol. The second-order valence-corrected chi connectivity index (χ2v) is 4.16. The number of amides is 1. The zero-order valence-electron chi connectivity index (χ0n) is 10.1. The molecule has 1 atom stereocenters. The van der Waals surface area contributed by atoms with E-state index in [0.29, 0.717) is 17.2 Å². The van der Waals surface area contributed by atoms with Crippen LogP contribution in [0.25, 0.3) is 0 Å². The van der Waals surface area contributed by atoms with E-state index in [-0.39, 0.29) is 0 Å². The number of hydrogen-bond acceptors (Lipinski definition) is 6. The third-order valence-corrected chi connectivity index (χ3v) is 2.98. The van der Waals surface area contributed by atoms with Crippen LogP contribution in [0.1, 0.15) is 18.5 Å². The van der Waals surface area contributed by atoms with Crippen molar-refractivity contribution in [1.82, 2.24) is 25.2 Å². The summed E-state index contributed by atoms with van der Waals surface area (Å²) in [6, 6.07) is 3.18. The lowest BCUT2D eigenvalue weighted by Crippen LogP contribution is -2.31. The van der Waals surface area contributed by atoms with Gasteiger partial charge in [-0.15, -0.1) is 0 Å². The van der Waals surface area contributed by atoms with Gasteiger partial charge in [-0.25, -0.2) is 0 Å². The van der Waals surface area contributed by atoms with Crippen LogP contribution in [0.5, 0.6) is 0 Å². The van der Waals surface area contributed by atoms with Gasteiger partial charge in [-0.3, -0.25) is 9.78 Å². The number of aromatic nitrogens is 5. The highest BCUT2D eigenvalue weighted by molar-refractivity contribution is 5.95. The van der Waals surface area contributed by atoms with E-state index in [9.17, 15) is 4.79 Å². The Balaban J connectivity index is 2.21. The van der Waals surface area contributed by atoms with Crippen LogP contribution in [0.3, 0.4) is 0 Å². The first-order valence-electron chi connectivity index (χ1n) is 5.64. The summed E-state index contributed by atoms with van der Waals surface area (Å²) >= 11 is 0. The number of anilines is 1. The Hall–Kier alpha value is -2.77. The average molecular weight is 257 g/mol. The summed E-state index contributed by atoms with van der Waals surface area (Å²) in [6.07, 6.45) is 3.32. The first-order valence-corrected chi connectivity index (χ1v) is 5.64. The lowest BCUT2D eigenvalue weighted by molar-refractivity contribution is -0.115. The molecular formula is C11H11N7O. The van der Waals surface area contributed by atoms with Crippen molar-refractivity contribution in [2.45, 2.75) is 13.0 Å².